The number of alkyl halides is 1. The summed E-state index contributed by atoms with van der Waals surface area (Å²) >= 11 is 2.99. The van der Waals surface area contributed by atoms with E-state index in [1.165, 1.54) is 30.3 Å². The highest BCUT2D eigenvalue weighted by Gasteiger charge is 2.34. The Hall–Kier alpha value is -2.67. The molecule has 1 aliphatic carbocycles. The molecule has 2 aromatic rings. The van der Waals surface area contributed by atoms with Crippen LogP contribution in [0.4, 0.5) is 5.69 Å². The Kier molecular flexibility index (Phi) is 3.65. The third-order valence-electron chi connectivity index (χ3n) is 3.51. The molecule has 2 aromatic carbocycles. The van der Waals surface area contributed by atoms with Crippen LogP contribution in [0.15, 0.2) is 30.3 Å². The van der Waals surface area contributed by atoms with Gasteiger partial charge in [0.05, 0.1) is 16.5 Å². The maximum absolute atomic E-state index is 12.6. The Labute approximate surface area is 138 Å². The van der Waals surface area contributed by atoms with Gasteiger partial charge in [0.1, 0.15) is 11.5 Å². The van der Waals surface area contributed by atoms with Gasteiger partial charge in [-0.1, -0.05) is 28.1 Å². The highest BCUT2D eigenvalue weighted by atomic mass is 79.9. The minimum Gasteiger partial charge on any atom is -0.507 e. The lowest BCUT2D eigenvalue weighted by molar-refractivity contribution is -0.113. The van der Waals surface area contributed by atoms with Gasteiger partial charge in [0.2, 0.25) is 11.7 Å². The van der Waals surface area contributed by atoms with Crippen LogP contribution in [-0.4, -0.2) is 33.0 Å². The number of rotatable bonds is 2. The molecule has 1 amide bonds. The summed E-state index contributed by atoms with van der Waals surface area (Å²) in [6.45, 7) is 0. The van der Waals surface area contributed by atoms with Gasteiger partial charge in [0.25, 0.3) is 0 Å². The second-order valence-electron chi connectivity index (χ2n) is 4.96. The van der Waals surface area contributed by atoms with Gasteiger partial charge in [0.15, 0.2) is 5.78 Å². The van der Waals surface area contributed by atoms with Crippen LogP contribution in [0.1, 0.15) is 31.8 Å². The van der Waals surface area contributed by atoms with Crippen molar-refractivity contribution in [2.24, 2.45) is 0 Å². The molecule has 3 N–H and O–H groups in total. The van der Waals surface area contributed by atoms with Gasteiger partial charge >= 0.3 is 0 Å². The van der Waals surface area contributed by atoms with Gasteiger partial charge in [-0.3, -0.25) is 14.4 Å². The number of halogens is 1. The molecule has 0 aromatic heterocycles. The van der Waals surface area contributed by atoms with E-state index in [0.29, 0.717) is 0 Å². The van der Waals surface area contributed by atoms with Crippen LogP contribution in [0, 0.1) is 0 Å². The van der Waals surface area contributed by atoms with E-state index >= 15 is 0 Å². The number of fused-ring (bicyclic) bond motifs is 2. The second-order valence-corrected chi connectivity index (χ2v) is 5.52. The molecular formula is C16H10BrNO5. The fourth-order valence-corrected chi connectivity index (χ4v) is 2.69. The lowest BCUT2D eigenvalue weighted by Crippen LogP contribution is -2.22. The molecule has 0 aliphatic heterocycles. The van der Waals surface area contributed by atoms with Crippen LogP contribution in [0.5, 0.6) is 11.5 Å². The van der Waals surface area contributed by atoms with Crippen molar-refractivity contribution in [1.29, 1.82) is 0 Å². The lowest BCUT2D eigenvalue weighted by atomic mass is 9.83. The zero-order valence-corrected chi connectivity index (χ0v) is 13.2. The van der Waals surface area contributed by atoms with E-state index in [9.17, 15) is 24.6 Å². The average molecular weight is 376 g/mol. The highest BCUT2D eigenvalue weighted by Crippen LogP contribution is 2.38. The number of hydrogen-bond acceptors (Lipinski definition) is 5. The molecule has 6 nitrogen and oxygen atoms in total. The van der Waals surface area contributed by atoms with Gasteiger partial charge in [0, 0.05) is 22.9 Å². The third kappa shape index (κ3) is 2.39. The molecule has 1 aliphatic rings. The molecule has 0 unspecified atom stereocenters. The minimum absolute atomic E-state index is 0.0158. The van der Waals surface area contributed by atoms with E-state index in [-0.39, 0.29) is 44.9 Å². The zero-order chi connectivity index (χ0) is 16.7. The molecule has 0 heterocycles. The Morgan fingerprint density at radius 2 is 1.70 bits per heavy atom. The molecule has 0 saturated heterocycles. The SMILES string of the molecule is O=C(CBr)Nc1cc(O)c2c(c1)C(=O)c1cccc(O)c1C2=O. The topological polar surface area (TPSA) is 104 Å². The second kappa shape index (κ2) is 5.51. The maximum atomic E-state index is 12.6. The molecule has 116 valence electrons. The van der Waals surface area contributed by atoms with Crippen molar-refractivity contribution in [3.8, 4) is 11.5 Å². The van der Waals surface area contributed by atoms with Crippen LogP contribution in [0.25, 0.3) is 0 Å². The summed E-state index contributed by atoms with van der Waals surface area (Å²) in [7, 11) is 0. The van der Waals surface area contributed by atoms with Crippen molar-refractivity contribution in [2.45, 2.75) is 0 Å². The Bertz CT molecular complexity index is 875. The summed E-state index contributed by atoms with van der Waals surface area (Å²) in [6.07, 6.45) is 0. The third-order valence-corrected chi connectivity index (χ3v) is 4.02. The molecule has 0 atom stereocenters. The molecule has 7 heteroatoms. The van der Waals surface area contributed by atoms with E-state index in [1.807, 2.05) is 0 Å². The van der Waals surface area contributed by atoms with E-state index in [1.54, 1.807) is 0 Å². The van der Waals surface area contributed by atoms with E-state index in [2.05, 4.69) is 21.2 Å². The lowest BCUT2D eigenvalue weighted by Gasteiger charge is -2.20. The first-order chi connectivity index (χ1) is 10.9. The van der Waals surface area contributed by atoms with Crippen molar-refractivity contribution in [1.82, 2.24) is 0 Å². The molecule has 0 saturated carbocycles. The number of nitrogens with one attached hydrogen (secondary N) is 1. The first kappa shape index (κ1) is 15.2. The fraction of sp³-hybridized carbons (Fsp3) is 0.0625. The van der Waals surface area contributed by atoms with Crippen LogP contribution >= 0.6 is 15.9 Å². The number of carbonyl (C=O) groups is 3. The van der Waals surface area contributed by atoms with Gasteiger partial charge in [-0.2, -0.15) is 0 Å². The Morgan fingerprint density at radius 1 is 1.00 bits per heavy atom. The number of hydrogen-bond donors (Lipinski definition) is 3. The van der Waals surface area contributed by atoms with E-state index in [0.717, 1.165) is 0 Å². The standard InChI is InChI=1S/C16H10BrNO5/c17-6-12(21)18-7-4-9-14(11(20)5-7)16(23)13-8(15(9)22)2-1-3-10(13)19/h1-5,19-20H,6H2,(H,18,21). The summed E-state index contributed by atoms with van der Waals surface area (Å²) in [5.74, 6) is -2.25. The monoisotopic (exact) mass is 375 g/mol. The summed E-state index contributed by atoms with van der Waals surface area (Å²) in [6, 6.07) is 6.72. The van der Waals surface area contributed by atoms with Gasteiger partial charge in [-0.25, -0.2) is 0 Å². The number of anilines is 1. The summed E-state index contributed by atoms with van der Waals surface area (Å²) in [5, 5.41) is 22.5. The van der Waals surface area contributed by atoms with Crippen molar-refractivity contribution in [3.05, 3.63) is 52.6 Å². The predicted octanol–water partition coefficient (Wildman–Crippen LogP) is 2.21. The predicted molar refractivity (Wildman–Crippen MR) is 85.5 cm³/mol. The summed E-state index contributed by atoms with van der Waals surface area (Å²) in [4.78, 5) is 36.5. The van der Waals surface area contributed by atoms with Crippen molar-refractivity contribution in [3.63, 3.8) is 0 Å². The molecule has 0 spiro atoms. The first-order valence-electron chi connectivity index (χ1n) is 6.58. The number of amides is 1. The normalized spacial score (nSPS) is 12.6. The van der Waals surface area contributed by atoms with Crippen molar-refractivity contribution < 1.29 is 24.6 Å². The fourth-order valence-electron chi connectivity index (χ4n) is 2.55. The maximum Gasteiger partial charge on any atom is 0.235 e. The summed E-state index contributed by atoms with van der Waals surface area (Å²) < 4.78 is 0. The van der Waals surface area contributed by atoms with Crippen LogP contribution in [0.3, 0.4) is 0 Å². The first-order valence-corrected chi connectivity index (χ1v) is 7.70. The summed E-state index contributed by atoms with van der Waals surface area (Å²) in [5.41, 5.74) is -0.0577. The van der Waals surface area contributed by atoms with E-state index < -0.39 is 17.3 Å². The number of phenolic OH excluding ortho intramolecular Hbond substituents is 2. The molecular weight excluding hydrogens is 366 g/mol. The molecule has 3 rings (SSSR count). The minimum atomic E-state index is -0.636. The molecule has 0 bridgehead atoms. The van der Waals surface area contributed by atoms with Gasteiger partial charge < -0.3 is 15.5 Å². The quantitative estimate of drug-likeness (QED) is 0.595. The highest BCUT2D eigenvalue weighted by molar-refractivity contribution is 9.09. The number of phenols is 2. The number of ketones is 2. The number of benzene rings is 2. The van der Waals surface area contributed by atoms with Crippen LogP contribution in [0.2, 0.25) is 0 Å². The Morgan fingerprint density at radius 3 is 2.39 bits per heavy atom. The largest absolute Gasteiger partial charge is 0.507 e. The van der Waals surface area contributed by atoms with Crippen LogP contribution in [-0.2, 0) is 4.79 Å². The number of aromatic hydroxyl groups is 2. The zero-order valence-electron chi connectivity index (χ0n) is 11.6. The van der Waals surface area contributed by atoms with Crippen molar-refractivity contribution in [2.75, 3.05) is 10.6 Å². The van der Waals surface area contributed by atoms with Gasteiger partial charge in [-0.05, 0) is 12.1 Å². The van der Waals surface area contributed by atoms with Gasteiger partial charge in [-0.15, -0.1) is 0 Å². The van der Waals surface area contributed by atoms with Crippen molar-refractivity contribution >= 4 is 39.1 Å². The number of carbonyl (C=O) groups excluding carboxylic acids is 3. The average Bonchev–Trinajstić information content (AvgIpc) is 2.51. The molecule has 23 heavy (non-hydrogen) atoms. The molecule has 0 radical (unpaired) electrons. The molecule has 0 fully saturated rings. The Balaban J connectivity index is 2.19. The van der Waals surface area contributed by atoms with E-state index in [4.69, 9.17) is 0 Å². The smallest absolute Gasteiger partial charge is 0.235 e. The van der Waals surface area contributed by atoms with Crippen LogP contribution < -0.4 is 5.32 Å².